The molecule has 9 nitrogen and oxygen atoms in total. The smallest absolute Gasteiger partial charge is 0.407 e. The third-order valence-electron chi connectivity index (χ3n) is 4.35. The van der Waals surface area contributed by atoms with E-state index in [1.54, 1.807) is 36.7 Å². The highest BCUT2D eigenvalue weighted by Crippen LogP contribution is 2.30. The number of hydrogen-bond donors (Lipinski definition) is 2. The van der Waals surface area contributed by atoms with Crippen molar-refractivity contribution < 1.29 is 23.1 Å². The van der Waals surface area contributed by atoms with Crippen molar-refractivity contribution in [2.24, 2.45) is 0 Å². The maximum atomic E-state index is 12.7. The third-order valence-corrected chi connectivity index (χ3v) is 5.88. The fourth-order valence-corrected chi connectivity index (χ4v) is 4.44. The van der Waals surface area contributed by atoms with Crippen LogP contribution in [0.2, 0.25) is 0 Å². The Morgan fingerprint density at radius 3 is 2.82 bits per heavy atom. The van der Waals surface area contributed by atoms with Crippen molar-refractivity contribution in [2.75, 3.05) is 29.5 Å². The van der Waals surface area contributed by atoms with E-state index in [0.717, 1.165) is 11.2 Å². The van der Waals surface area contributed by atoms with Crippen LogP contribution in [0, 0.1) is 0 Å². The number of nitrogens with one attached hydrogen (secondary N) is 1. The molecule has 3 rings (SSSR count). The predicted octanol–water partition coefficient (Wildman–Crippen LogP) is 2.29. The molecular weight excluding hydrogens is 404 g/mol. The summed E-state index contributed by atoms with van der Waals surface area (Å²) < 4.78 is 25.2. The van der Waals surface area contributed by atoms with Gasteiger partial charge in [-0.3, -0.25) is 19.3 Å². The first-order valence-corrected chi connectivity index (χ1v) is 11.2. The number of carbonyl (C=O) groups excluding carboxylic acids is 1. The number of anilines is 2. The molecule has 2 heterocycles. The zero-order valence-corrected chi connectivity index (χ0v) is 17.0. The molecule has 150 valence electrons. The average molecular weight is 425 g/mol. The zero-order chi connectivity index (χ0) is 20.5. The number of carboxylic acid groups (broad SMARTS) is 1. The van der Waals surface area contributed by atoms with Crippen molar-refractivity contribution in [1.29, 1.82) is 0 Å². The highest BCUT2D eigenvalue weighted by molar-refractivity contribution is 7.92. The van der Waals surface area contributed by atoms with Crippen LogP contribution in [-0.2, 0) is 14.8 Å². The Morgan fingerprint density at radius 2 is 2.14 bits per heavy atom. The van der Waals surface area contributed by atoms with Crippen LogP contribution in [0.3, 0.4) is 0 Å². The molecule has 1 fully saturated rings. The van der Waals surface area contributed by atoms with E-state index in [9.17, 15) is 23.1 Å². The van der Waals surface area contributed by atoms with Gasteiger partial charge in [0.05, 0.1) is 11.9 Å². The summed E-state index contributed by atoms with van der Waals surface area (Å²) in [6, 6.07) is 6.09. The van der Waals surface area contributed by atoms with E-state index in [4.69, 9.17) is 0 Å². The molecule has 1 atom stereocenters. The number of aromatic nitrogens is 1. The fourth-order valence-electron chi connectivity index (χ4n) is 3.08. The van der Waals surface area contributed by atoms with Crippen molar-refractivity contribution >= 4 is 44.2 Å². The molecular formula is C17H20N4O5S2. The molecule has 0 bridgehead atoms. The third kappa shape index (κ3) is 4.42. The zero-order valence-electron chi connectivity index (χ0n) is 15.3. The molecule has 1 saturated heterocycles. The first kappa shape index (κ1) is 20.1. The highest BCUT2D eigenvalue weighted by atomic mass is 32.2. The van der Waals surface area contributed by atoms with Gasteiger partial charge < -0.3 is 5.11 Å². The summed E-state index contributed by atoms with van der Waals surface area (Å²) in [6.45, 7) is 0.350. The minimum absolute atomic E-state index is 0.312. The first-order valence-electron chi connectivity index (χ1n) is 8.46. The number of likely N-dealkylation sites (N-methyl/N-ethyl adjacent to an activating group) is 1. The standard InChI is InChI=1S/C17H20N4O5S2/c1-20(15(22)14-7-4-8-21(14)17(23)24)16-18-13(10-27-16)11-5-3-6-12(9-11)19-28(2,25)26/h3,5-6,9-10,14,19H,4,7-8H2,1-2H3,(H,23,24). The lowest BCUT2D eigenvalue weighted by Gasteiger charge is -2.24. The molecule has 1 aromatic carbocycles. The van der Waals surface area contributed by atoms with E-state index < -0.39 is 22.2 Å². The fraction of sp³-hybridized carbons (Fsp3) is 0.353. The van der Waals surface area contributed by atoms with Crippen molar-refractivity contribution in [3.8, 4) is 11.3 Å². The molecule has 11 heteroatoms. The van der Waals surface area contributed by atoms with Crippen molar-refractivity contribution in [2.45, 2.75) is 18.9 Å². The predicted molar refractivity (Wildman–Crippen MR) is 107 cm³/mol. The van der Waals surface area contributed by atoms with Crippen LogP contribution < -0.4 is 9.62 Å². The largest absolute Gasteiger partial charge is 0.465 e. The average Bonchev–Trinajstić information content (AvgIpc) is 3.28. The number of benzene rings is 1. The second-order valence-electron chi connectivity index (χ2n) is 6.50. The van der Waals surface area contributed by atoms with Gasteiger partial charge in [0, 0.05) is 30.2 Å². The number of sulfonamides is 1. The molecule has 1 aromatic heterocycles. The van der Waals surface area contributed by atoms with Crippen LogP contribution in [0.5, 0.6) is 0 Å². The Bertz CT molecular complexity index is 1000. The molecule has 2 N–H and O–H groups in total. The van der Waals surface area contributed by atoms with Gasteiger partial charge in [-0.1, -0.05) is 12.1 Å². The molecule has 2 amide bonds. The number of hydrogen-bond acceptors (Lipinski definition) is 6. The van der Waals surface area contributed by atoms with E-state index in [1.807, 2.05) is 0 Å². The monoisotopic (exact) mass is 424 g/mol. The lowest BCUT2D eigenvalue weighted by molar-refractivity contribution is -0.122. The summed E-state index contributed by atoms with van der Waals surface area (Å²) in [4.78, 5) is 31.0. The maximum absolute atomic E-state index is 12.7. The van der Waals surface area contributed by atoms with Crippen LogP contribution in [0.4, 0.5) is 15.6 Å². The molecule has 0 radical (unpaired) electrons. The van der Waals surface area contributed by atoms with Gasteiger partial charge in [-0.15, -0.1) is 11.3 Å². The van der Waals surface area contributed by atoms with Gasteiger partial charge in [0.1, 0.15) is 6.04 Å². The van der Waals surface area contributed by atoms with Crippen LogP contribution in [0.1, 0.15) is 12.8 Å². The Hall–Kier alpha value is -2.66. The van der Waals surface area contributed by atoms with E-state index in [-0.39, 0.29) is 5.91 Å². The van der Waals surface area contributed by atoms with Crippen molar-refractivity contribution in [3.05, 3.63) is 29.6 Å². The van der Waals surface area contributed by atoms with Gasteiger partial charge >= 0.3 is 6.09 Å². The molecule has 1 aliphatic heterocycles. The van der Waals surface area contributed by atoms with Crippen molar-refractivity contribution in [1.82, 2.24) is 9.88 Å². The SMILES string of the molecule is CN(C(=O)C1CCCN1C(=O)O)c1nc(-c2cccc(NS(C)(=O)=O)c2)cs1. The molecule has 0 aliphatic carbocycles. The van der Waals surface area contributed by atoms with Gasteiger partial charge in [-0.2, -0.15) is 0 Å². The maximum Gasteiger partial charge on any atom is 0.407 e. The number of thiazole rings is 1. The van der Waals surface area contributed by atoms with E-state index in [0.29, 0.717) is 41.5 Å². The number of nitrogens with zero attached hydrogens (tertiary/aromatic N) is 3. The quantitative estimate of drug-likeness (QED) is 0.760. The number of amides is 2. The van der Waals surface area contributed by atoms with Gasteiger partial charge in [0.25, 0.3) is 5.91 Å². The molecule has 1 aliphatic rings. The Labute approximate surface area is 166 Å². The van der Waals surface area contributed by atoms with E-state index in [2.05, 4.69) is 9.71 Å². The number of carbonyl (C=O) groups is 2. The molecule has 2 aromatic rings. The minimum Gasteiger partial charge on any atom is -0.465 e. The summed E-state index contributed by atoms with van der Waals surface area (Å²) >= 11 is 1.26. The summed E-state index contributed by atoms with van der Waals surface area (Å²) in [6.07, 6.45) is 1.12. The summed E-state index contributed by atoms with van der Waals surface area (Å²) in [7, 11) is -1.82. The lowest BCUT2D eigenvalue weighted by atomic mass is 10.1. The topological polar surface area (TPSA) is 120 Å². The number of likely N-dealkylation sites (tertiary alicyclic amines) is 1. The van der Waals surface area contributed by atoms with E-state index in [1.165, 1.54) is 16.2 Å². The summed E-state index contributed by atoms with van der Waals surface area (Å²) in [5, 5.41) is 11.4. The lowest BCUT2D eigenvalue weighted by Crippen LogP contribution is -2.46. The van der Waals surface area contributed by atoms with E-state index >= 15 is 0 Å². The Morgan fingerprint density at radius 1 is 1.39 bits per heavy atom. The highest BCUT2D eigenvalue weighted by Gasteiger charge is 2.36. The van der Waals surface area contributed by atoms with Gasteiger partial charge in [-0.25, -0.2) is 18.2 Å². The van der Waals surface area contributed by atoms with Gasteiger partial charge in [0.2, 0.25) is 10.0 Å². The molecule has 28 heavy (non-hydrogen) atoms. The van der Waals surface area contributed by atoms with Crippen LogP contribution in [0.25, 0.3) is 11.3 Å². The summed E-state index contributed by atoms with van der Waals surface area (Å²) in [5.74, 6) is -0.312. The van der Waals surface area contributed by atoms with Crippen LogP contribution in [0.15, 0.2) is 29.6 Å². The van der Waals surface area contributed by atoms with Crippen LogP contribution in [-0.4, -0.2) is 61.3 Å². The second-order valence-corrected chi connectivity index (χ2v) is 9.09. The first-order chi connectivity index (χ1) is 13.2. The molecule has 1 unspecified atom stereocenters. The normalized spacial score (nSPS) is 16.8. The minimum atomic E-state index is -3.39. The van der Waals surface area contributed by atoms with Crippen LogP contribution >= 0.6 is 11.3 Å². The number of rotatable bonds is 5. The molecule has 0 spiro atoms. The molecule has 0 saturated carbocycles. The van der Waals surface area contributed by atoms with Gasteiger partial charge in [0.15, 0.2) is 5.13 Å². The summed E-state index contributed by atoms with van der Waals surface area (Å²) in [5.41, 5.74) is 1.71. The second kappa shape index (κ2) is 7.76. The van der Waals surface area contributed by atoms with Crippen molar-refractivity contribution in [3.63, 3.8) is 0 Å². The Balaban J connectivity index is 1.79. The van der Waals surface area contributed by atoms with Gasteiger partial charge in [-0.05, 0) is 25.0 Å². The Kier molecular flexibility index (Phi) is 5.57.